The lowest BCUT2D eigenvalue weighted by molar-refractivity contribution is -0.137. The molecule has 62 valence electrons. The Kier molecular flexibility index (Phi) is 1.60. The molecular weight excluding hydrogens is 144 g/mol. The van der Waals surface area contributed by atoms with Crippen molar-refractivity contribution < 1.29 is 14.6 Å². The lowest BCUT2D eigenvalue weighted by atomic mass is 10.1. The molecule has 1 aliphatic carbocycles. The molecule has 1 saturated carbocycles. The molecule has 1 unspecified atom stereocenters. The summed E-state index contributed by atoms with van der Waals surface area (Å²) in [5.41, 5.74) is 0. The van der Waals surface area contributed by atoms with Crippen LogP contribution < -0.4 is 0 Å². The van der Waals surface area contributed by atoms with E-state index in [2.05, 4.69) is 0 Å². The summed E-state index contributed by atoms with van der Waals surface area (Å²) < 4.78 is 5.40. The zero-order chi connectivity index (χ0) is 7.84. The molecule has 0 aromatic heterocycles. The van der Waals surface area contributed by atoms with Gasteiger partial charge in [0.2, 0.25) is 0 Å². The van der Waals surface area contributed by atoms with Crippen LogP contribution in [0.2, 0.25) is 0 Å². The topological polar surface area (TPSA) is 46.5 Å². The maximum Gasteiger partial charge on any atom is 0.303 e. The molecule has 3 nitrogen and oxygen atoms in total. The van der Waals surface area contributed by atoms with Gasteiger partial charge < -0.3 is 9.84 Å². The van der Waals surface area contributed by atoms with E-state index in [-0.39, 0.29) is 0 Å². The molecule has 0 radical (unpaired) electrons. The highest BCUT2D eigenvalue weighted by Gasteiger charge is 2.52. The molecule has 2 fully saturated rings. The third kappa shape index (κ3) is 1.25. The Morgan fingerprint density at radius 1 is 1.64 bits per heavy atom. The van der Waals surface area contributed by atoms with Gasteiger partial charge in [0.05, 0.1) is 12.5 Å². The molecule has 0 bridgehead atoms. The van der Waals surface area contributed by atoms with Crippen LogP contribution in [0.1, 0.15) is 19.3 Å². The third-order valence-electron chi connectivity index (χ3n) is 2.66. The molecule has 11 heavy (non-hydrogen) atoms. The average Bonchev–Trinajstić information content (AvgIpc) is 2.64. The highest BCUT2D eigenvalue weighted by atomic mass is 16.5. The van der Waals surface area contributed by atoms with Crippen molar-refractivity contribution in [2.45, 2.75) is 25.4 Å². The van der Waals surface area contributed by atoms with Gasteiger partial charge in [-0.15, -0.1) is 0 Å². The molecule has 0 amide bonds. The summed E-state index contributed by atoms with van der Waals surface area (Å²) in [5, 5.41) is 8.52. The van der Waals surface area contributed by atoms with Crippen molar-refractivity contribution in [1.29, 1.82) is 0 Å². The van der Waals surface area contributed by atoms with Crippen LogP contribution in [0.15, 0.2) is 0 Å². The van der Waals surface area contributed by atoms with Crippen LogP contribution in [0, 0.1) is 11.8 Å². The SMILES string of the molecule is O=C(O)CC1[C@H]2CCCO[C@@H]12. The van der Waals surface area contributed by atoms with Gasteiger partial charge in [-0.1, -0.05) is 0 Å². The van der Waals surface area contributed by atoms with Gasteiger partial charge in [0.25, 0.3) is 0 Å². The molecule has 1 N–H and O–H groups in total. The Morgan fingerprint density at radius 3 is 3.00 bits per heavy atom. The Bertz CT molecular complexity index is 166. The Balaban J connectivity index is 1.85. The second-order valence-corrected chi connectivity index (χ2v) is 3.40. The number of aliphatic carboxylic acids is 1. The predicted molar refractivity (Wildman–Crippen MR) is 38.2 cm³/mol. The fraction of sp³-hybridized carbons (Fsp3) is 0.875. The molecule has 1 heterocycles. The minimum Gasteiger partial charge on any atom is -0.481 e. The molecular formula is C8H12O3. The van der Waals surface area contributed by atoms with Crippen LogP contribution in [0.5, 0.6) is 0 Å². The van der Waals surface area contributed by atoms with E-state index in [0.717, 1.165) is 13.0 Å². The minimum absolute atomic E-state index is 0.292. The van der Waals surface area contributed by atoms with Gasteiger partial charge in [0.15, 0.2) is 0 Å². The molecule has 0 aromatic carbocycles. The summed E-state index contributed by atoms with van der Waals surface area (Å²) in [6, 6.07) is 0. The van der Waals surface area contributed by atoms with E-state index in [9.17, 15) is 4.79 Å². The van der Waals surface area contributed by atoms with Gasteiger partial charge in [-0.05, 0) is 18.8 Å². The smallest absolute Gasteiger partial charge is 0.303 e. The van der Waals surface area contributed by atoms with Crippen molar-refractivity contribution in [2.75, 3.05) is 6.61 Å². The van der Waals surface area contributed by atoms with E-state index in [4.69, 9.17) is 9.84 Å². The molecule has 1 aliphatic heterocycles. The summed E-state index contributed by atoms with van der Waals surface area (Å²) in [7, 11) is 0. The summed E-state index contributed by atoms with van der Waals surface area (Å²) in [4.78, 5) is 10.3. The van der Waals surface area contributed by atoms with Gasteiger partial charge in [-0.3, -0.25) is 4.79 Å². The van der Waals surface area contributed by atoms with Crippen LogP contribution in [-0.4, -0.2) is 23.8 Å². The van der Waals surface area contributed by atoms with Crippen LogP contribution in [0.4, 0.5) is 0 Å². The molecule has 2 aliphatic rings. The van der Waals surface area contributed by atoms with E-state index >= 15 is 0 Å². The van der Waals surface area contributed by atoms with Crippen molar-refractivity contribution in [1.82, 2.24) is 0 Å². The van der Waals surface area contributed by atoms with E-state index in [1.165, 1.54) is 6.42 Å². The Labute approximate surface area is 65.4 Å². The first kappa shape index (κ1) is 7.10. The van der Waals surface area contributed by atoms with Crippen LogP contribution in [0.25, 0.3) is 0 Å². The molecule has 0 aromatic rings. The van der Waals surface area contributed by atoms with E-state index in [1.54, 1.807) is 0 Å². The van der Waals surface area contributed by atoms with Crippen molar-refractivity contribution >= 4 is 5.97 Å². The van der Waals surface area contributed by atoms with Gasteiger partial charge in [-0.25, -0.2) is 0 Å². The lowest BCUT2D eigenvalue weighted by Crippen LogP contribution is -2.06. The second kappa shape index (κ2) is 2.48. The van der Waals surface area contributed by atoms with Crippen LogP contribution >= 0.6 is 0 Å². The first-order valence-electron chi connectivity index (χ1n) is 4.12. The largest absolute Gasteiger partial charge is 0.481 e. The molecule has 3 heteroatoms. The lowest BCUT2D eigenvalue weighted by Gasteiger charge is -2.07. The van der Waals surface area contributed by atoms with Crippen LogP contribution in [-0.2, 0) is 9.53 Å². The number of hydrogen-bond donors (Lipinski definition) is 1. The number of carboxylic acid groups (broad SMARTS) is 1. The van der Waals surface area contributed by atoms with Crippen LogP contribution in [0.3, 0.4) is 0 Å². The van der Waals surface area contributed by atoms with Gasteiger partial charge in [-0.2, -0.15) is 0 Å². The Hall–Kier alpha value is -0.570. The molecule has 1 saturated heterocycles. The number of rotatable bonds is 2. The number of hydrogen-bond acceptors (Lipinski definition) is 2. The number of fused-ring (bicyclic) bond motifs is 1. The third-order valence-corrected chi connectivity index (χ3v) is 2.66. The fourth-order valence-corrected chi connectivity index (χ4v) is 2.04. The summed E-state index contributed by atoms with van der Waals surface area (Å²) in [5.74, 6) is 0.211. The van der Waals surface area contributed by atoms with Crippen molar-refractivity contribution in [3.8, 4) is 0 Å². The van der Waals surface area contributed by atoms with Crippen molar-refractivity contribution in [3.05, 3.63) is 0 Å². The monoisotopic (exact) mass is 156 g/mol. The highest BCUT2D eigenvalue weighted by molar-refractivity contribution is 5.67. The minimum atomic E-state index is -0.687. The average molecular weight is 156 g/mol. The summed E-state index contributed by atoms with van der Waals surface area (Å²) in [6.45, 7) is 0.831. The molecule has 0 spiro atoms. The summed E-state index contributed by atoms with van der Waals surface area (Å²) in [6.07, 6.45) is 2.87. The van der Waals surface area contributed by atoms with E-state index in [1.807, 2.05) is 0 Å². The highest BCUT2D eigenvalue weighted by Crippen LogP contribution is 2.49. The zero-order valence-corrected chi connectivity index (χ0v) is 6.32. The summed E-state index contributed by atoms with van der Waals surface area (Å²) >= 11 is 0. The predicted octanol–water partition coefficient (Wildman–Crippen LogP) is 0.886. The number of carboxylic acids is 1. The zero-order valence-electron chi connectivity index (χ0n) is 6.32. The maximum atomic E-state index is 10.3. The molecule has 2 rings (SSSR count). The van der Waals surface area contributed by atoms with E-state index in [0.29, 0.717) is 24.4 Å². The van der Waals surface area contributed by atoms with Crippen molar-refractivity contribution in [3.63, 3.8) is 0 Å². The molecule has 3 atom stereocenters. The van der Waals surface area contributed by atoms with Gasteiger partial charge in [0.1, 0.15) is 0 Å². The fourth-order valence-electron chi connectivity index (χ4n) is 2.04. The second-order valence-electron chi connectivity index (χ2n) is 3.40. The standard InChI is InChI=1S/C8H12O3/c9-7(10)4-6-5-2-1-3-11-8(5)6/h5-6,8H,1-4H2,(H,9,10)/t5-,6?,8-/m1/s1. The van der Waals surface area contributed by atoms with Gasteiger partial charge >= 0.3 is 5.97 Å². The van der Waals surface area contributed by atoms with Gasteiger partial charge in [0, 0.05) is 12.5 Å². The Morgan fingerprint density at radius 2 is 2.45 bits per heavy atom. The number of ether oxygens (including phenoxy) is 1. The quantitative estimate of drug-likeness (QED) is 0.645. The normalized spacial score (nSPS) is 41.3. The van der Waals surface area contributed by atoms with E-state index < -0.39 is 5.97 Å². The number of carbonyl (C=O) groups is 1. The first-order valence-corrected chi connectivity index (χ1v) is 4.12. The van der Waals surface area contributed by atoms with Crippen molar-refractivity contribution in [2.24, 2.45) is 11.8 Å². The first-order chi connectivity index (χ1) is 5.29. The maximum absolute atomic E-state index is 10.3.